The molecule has 3 rings (SSSR count). The van der Waals surface area contributed by atoms with E-state index in [1.165, 1.54) is 24.2 Å². The summed E-state index contributed by atoms with van der Waals surface area (Å²) in [5.74, 6) is 2.00. The lowest BCUT2D eigenvalue weighted by molar-refractivity contribution is 0.665. The third kappa shape index (κ3) is 2.19. The van der Waals surface area contributed by atoms with Gasteiger partial charge in [0.05, 0.1) is 11.0 Å². The van der Waals surface area contributed by atoms with Gasteiger partial charge in [-0.05, 0) is 37.8 Å². The standard InChI is InChI=1S/C14H17ClN2/c15-10-4-3-7-14-16-12-5-1-2-6-13(12)17(14)11-8-9-11/h1-2,5-6,11H,3-4,7-10H2. The molecule has 3 heteroatoms. The molecule has 0 amide bonds. The molecule has 0 spiro atoms. The van der Waals surface area contributed by atoms with E-state index in [1.54, 1.807) is 0 Å². The van der Waals surface area contributed by atoms with Gasteiger partial charge in [-0.25, -0.2) is 4.98 Å². The first-order valence-corrected chi connectivity index (χ1v) is 6.95. The predicted octanol–water partition coefficient (Wildman–Crippen LogP) is 3.93. The number of imidazole rings is 1. The summed E-state index contributed by atoms with van der Waals surface area (Å²) < 4.78 is 2.45. The van der Waals surface area contributed by atoms with Crippen LogP contribution in [0.4, 0.5) is 0 Å². The molecule has 0 aliphatic heterocycles. The third-order valence-corrected chi connectivity index (χ3v) is 3.63. The molecular formula is C14H17ClN2. The third-order valence-electron chi connectivity index (χ3n) is 3.36. The Morgan fingerprint density at radius 2 is 2.06 bits per heavy atom. The van der Waals surface area contributed by atoms with Crippen molar-refractivity contribution in [2.45, 2.75) is 38.1 Å². The first-order chi connectivity index (χ1) is 8.40. The molecule has 1 saturated carbocycles. The molecule has 0 unspecified atom stereocenters. The molecule has 1 aromatic heterocycles. The summed E-state index contributed by atoms with van der Waals surface area (Å²) in [6.45, 7) is 0. The van der Waals surface area contributed by atoms with Gasteiger partial charge in [-0.1, -0.05) is 12.1 Å². The van der Waals surface area contributed by atoms with Gasteiger partial charge in [-0.3, -0.25) is 0 Å². The fourth-order valence-electron chi connectivity index (χ4n) is 2.39. The second-order valence-corrected chi connectivity index (χ2v) is 5.14. The minimum atomic E-state index is 0.702. The minimum absolute atomic E-state index is 0.702. The van der Waals surface area contributed by atoms with Gasteiger partial charge in [0.15, 0.2) is 0 Å². The first kappa shape index (κ1) is 11.1. The van der Waals surface area contributed by atoms with Crippen molar-refractivity contribution >= 4 is 22.6 Å². The maximum Gasteiger partial charge on any atom is 0.110 e. The molecule has 0 saturated heterocycles. The number of nitrogens with zero attached hydrogens (tertiary/aromatic N) is 2. The highest BCUT2D eigenvalue weighted by molar-refractivity contribution is 6.17. The number of halogens is 1. The van der Waals surface area contributed by atoms with Crippen molar-refractivity contribution < 1.29 is 0 Å². The van der Waals surface area contributed by atoms with Crippen LogP contribution in [0.25, 0.3) is 11.0 Å². The van der Waals surface area contributed by atoms with Gasteiger partial charge in [0, 0.05) is 18.3 Å². The Labute approximate surface area is 107 Å². The first-order valence-electron chi connectivity index (χ1n) is 6.42. The molecule has 0 atom stereocenters. The molecule has 0 radical (unpaired) electrons. The summed E-state index contributed by atoms with van der Waals surface area (Å²) in [7, 11) is 0. The van der Waals surface area contributed by atoms with Crippen molar-refractivity contribution in [1.29, 1.82) is 0 Å². The van der Waals surface area contributed by atoms with Gasteiger partial charge in [-0.2, -0.15) is 0 Å². The average molecular weight is 249 g/mol. The molecule has 90 valence electrons. The molecule has 0 bridgehead atoms. The molecular weight excluding hydrogens is 232 g/mol. The van der Waals surface area contributed by atoms with Gasteiger partial charge in [-0.15, -0.1) is 11.6 Å². The van der Waals surface area contributed by atoms with E-state index in [0.717, 1.165) is 30.7 Å². The Morgan fingerprint density at radius 1 is 1.24 bits per heavy atom. The lowest BCUT2D eigenvalue weighted by Crippen LogP contribution is -2.01. The van der Waals surface area contributed by atoms with E-state index in [-0.39, 0.29) is 0 Å². The highest BCUT2D eigenvalue weighted by Crippen LogP contribution is 2.38. The zero-order valence-corrected chi connectivity index (χ0v) is 10.7. The average Bonchev–Trinajstić information content (AvgIpc) is 3.11. The van der Waals surface area contributed by atoms with Gasteiger partial charge in [0.1, 0.15) is 5.82 Å². The van der Waals surface area contributed by atoms with Crippen molar-refractivity contribution in [2.24, 2.45) is 0 Å². The van der Waals surface area contributed by atoms with Crippen molar-refractivity contribution in [3.63, 3.8) is 0 Å². The SMILES string of the molecule is ClCCCCc1nc2ccccc2n1C1CC1. The molecule has 1 aliphatic carbocycles. The zero-order valence-electron chi connectivity index (χ0n) is 9.90. The Kier molecular flexibility index (Phi) is 3.06. The largest absolute Gasteiger partial charge is 0.325 e. The highest BCUT2D eigenvalue weighted by Gasteiger charge is 2.27. The van der Waals surface area contributed by atoms with Crippen LogP contribution in [-0.2, 0) is 6.42 Å². The van der Waals surface area contributed by atoms with E-state index in [2.05, 4.69) is 28.8 Å². The van der Waals surface area contributed by atoms with Crippen molar-refractivity contribution in [3.8, 4) is 0 Å². The lowest BCUT2D eigenvalue weighted by Gasteiger charge is -2.06. The smallest absolute Gasteiger partial charge is 0.110 e. The molecule has 1 aromatic carbocycles. The number of aryl methyl sites for hydroxylation is 1. The van der Waals surface area contributed by atoms with Crippen LogP contribution in [0.3, 0.4) is 0 Å². The van der Waals surface area contributed by atoms with E-state index in [9.17, 15) is 0 Å². The van der Waals surface area contributed by atoms with Crippen LogP contribution in [0.1, 0.15) is 37.5 Å². The summed E-state index contributed by atoms with van der Waals surface area (Å²) in [5, 5.41) is 0. The van der Waals surface area contributed by atoms with Crippen molar-refractivity contribution in [3.05, 3.63) is 30.1 Å². The predicted molar refractivity (Wildman–Crippen MR) is 71.7 cm³/mol. The molecule has 1 aliphatic rings. The number of hydrogen-bond acceptors (Lipinski definition) is 1. The zero-order chi connectivity index (χ0) is 11.7. The van der Waals surface area contributed by atoms with E-state index in [4.69, 9.17) is 16.6 Å². The topological polar surface area (TPSA) is 17.8 Å². The quantitative estimate of drug-likeness (QED) is 0.579. The van der Waals surface area contributed by atoms with Gasteiger partial charge >= 0.3 is 0 Å². The lowest BCUT2D eigenvalue weighted by atomic mass is 10.2. The molecule has 17 heavy (non-hydrogen) atoms. The summed E-state index contributed by atoms with van der Waals surface area (Å²) in [6, 6.07) is 9.17. The van der Waals surface area contributed by atoms with Crippen LogP contribution in [0.15, 0.2) is 24.3 Å². The number of unbranched alkanes of at least 4 members (excludes halogenated alkanes) is 1. The van der Waals surface area contributed by atoms with Crippen LogP contribution < -0.4 is 0 Å². The Morgan fingerprint density at radius 3 is 2.82 bits per heavy atom. The van der Waals surface area contributed by atoms with E-state index >= 15 is 0 Å². The number of para-hydroxylation sites is 2. The number of alkyl halides is 1. The monoisotopic (exact) mass is 248 g/mol. The summed E-state index contributed by atoms with van der Waals surface area (Å²) in [4.78, 5) is 4.77. The highest BCUT2D eigenvalue weighted by atomic mass is 35.5. The van der Waals surface area contributed by atoms with Crippen LogP contribution >= 0.6 is 11.6 Å². The van der Waals surface area contributed by atoms with Crippen LogP contribution in [0, 0.1) is 0 Å². The number of hydrogen-bond donors (Lipinski definition) is 0. The van der Waals surface area contributed by atoms with E-state index < -0.39 is 0 Å². The maximum absolute atomic E-state index is 5.73. The van der Waals surface area contributed by atoms with Gasteiger partial charge in [0.25, 0.3) is 0 Å². The Balaban J connectivity index is 1.95. The number of rotatable bonds is 5. The number of fused-ring (bicyclic) bond motifs is 1. The van der Waals surface area contributed by atoms with E-state index in [0.29, 0.717) is 6.04 Å². The minimum Gasteiger partial charge on any atom is -0.325 e. The van der Waals surface area contributed by atoms with E-state index in [1.807, 2.05) is 0 Å². The van der Waals surface area contributed by atoms with Gasteiger partial charge < -0.3 is 4.57 Å². The Bertz CT molecular complexity index is 514. The molecule has 1 fully saturated rings. The summed E-state index contributed by atoms with van der Waals surface area (Å²) in [5.41, 5.74) is 2.44. The summed E-state index contributed by atoms with van der Waals surface area (Å²) >= 11 is 5.73. The van der Waals surface area contributed by atoms with Crippen LogP contribution in [0.5, 0.6) is 0 Å². The van der Waals surface area contributed by atoms with Gasteiger partial charge in [0.2, 0.25) is 0 Å². The molecule has 2 aromatic rings. The fraction of sp³-hybridized carbons (Fsp3) is 0.500. The molecule has 2 nitrogen and oxygen atoms in total. The van der Waals surface area contributed by atoms with Crippen molar-refractivity contribution in [2.75, 3.05) is 5.88 Å². The van der Waals surface area contributed by atoms with Crippen LogP contribution in [0.2, 0.25) is 0 Å². The normalized spacial score (nSPS) is 15.6. The number of benzene rings is 1. The van der Waals surface area contributed by atoms with Crippen molar-refractivity contribution in [1.82, 2.24) is 9.55 Å². The molecule has 1 heterocycles. The second kappa shape index (κ2) is 4.69. The molecule has 0 N–H and O–H groups in total. The second-order valence-electron chi connectivity index (χ2n) is 4.76. The maximum atomic E-state index is 5.73. The Hall–Kier alpha value is -1.02. The number of aromatic nitrogens is 2. The van der Waals surface area contributed by atoms with Crippen LogP contribution in [-0.4, -0.2) is 15.4 Å². The fourth-order valence-corrected chi connectivity index (χ4v) is 2.58. The summed E-state index contributed by atoms with van der Waals surface area (Å²) in [6.07, 6.45) is 5.89.